The summed E-state index contributed by atoms with van der Waals surface area (Å²) in [4.78, 5) is 37.9. The van der Waals surface area contributed by atoms with E-state index in [1.807, 2.05) is 0 Å². The van der Waals surface area contributed by atoms with Crippen LogP contribution < -0.4 is 16.7 Å². The molecule has 78 valence electrons. The second-order valence-corrected chi connectivity index (χ2v) is 2.55. The lowest BCUT2D eigenvalue weighted by Gasteiger charge is -2.10. The fourth-order valence-corrected chi connectivity index (χ4v) is 1.00. The van der Waals surface area contributed by atoms with Gasteiger partial charge in [0.05, 0.1) is 13.0 Å². The van der Waals surface area contributed by atoms with Crippen molar-refractivity contribution in [2.75, 3.05) is 13.1 Å². The third-order valence-electron chi connectivity index (χ3n) is 1.65. The number of carbonyl (C=O) groups is 3. The molecule has 8 heteroatoms. The van der Waals surface area contributed by atoms with Gasteiger partial charge < -0.3 is 10.2 Å². The third kappa shape index (κ3) is 2.41. The minimum Gasteiger partial charge on any atom is -0.356 e. The number of hydrogen-bond acceptors (Lipinski definition) is 6. The molecule has 0 spiro atoms. The smallest absolute Gasteiger partial charge is 0.328 e. The zero-order valence-corrected chi connectivity index (χ0v) is 7.28. The second-order valence-electron chi connectivity index (χ2n) is 2.55. The molecule has 4 N–H and O–H groups in total. The molecule has 1 fully saturated rings. The van der Waals surface area contributed by atoms with Gasteiger partial charge in [-0.25, -0.2) is 10.6 Å². The number of amides is 3. The molecule has 0 saturated carbocycles. The lowest BCUT2D eigenvalue weighted by atomic mass is 10.4. The zero-order valence-electron chi connectivity index (χ0n) is 7.28. The molecular formula is C6H10N4O4. The van der Waals surface area contributed by atoms with Crippen LogP contribution in [0.15, 0.2) is 0 Å². The van der Waals surface area contributed by atoms with E-state index < -0.39 is 12.0 Å². The van der Waals surface area contributed by atoms with Gasteiger partial charge in [-0.15, -0.1) is 0 Å². The lowest BCUT2D eigenvalue weighted by Crippen LogP contribution is -2.34. The first-order valence-electron chi connectivity index (χ1n) is 3.88. The number of imide groups is 1. The standard InChI is InChI=1S/C6H10N4O4/c7-9-14-5(12)1-2-10-4(11)3-8-6(10)13/h9H,1-3,7H2,(H,8,13). The van der Waals surface area contributed by atoms with Gasteiger partial charge in [0.1, 0.15) is 0 Å². The quantitative estimate of drug-likeness (QED) is 0.272. The first-order valence-corrected chi connectivity index (χ1v) is 3.88. The first kappa shape index (κ1) is 10.4. The summed E-state index contributed by atoms with van der Waals surface area (Å²) in [7, 11) is 0. The minimum absolute atomic E-state index is 0.00875. The molecule has 1 heterocycles. The zero-order chi connectivity index (χ0) is 10.6. The van der Waals surface area contributed by atoms with Crippen LogP contribution in [0.25, 0.3) is 0 Å². The van der Waals surface area contributed by atoms with E-state index in [0.29, 0.717) is 0 Å². The summed E-state index contributed by atoms with van der Waals surface area (Å²) in [5.41, 5.74) is 1.71. The molecule has 1 saturated heterocycles. The molecule has 8 nitrogen and oxygen atoms in total. The van der Waals surface area contributed by atoms with Crippen molar-refractivity contribution in [2.45, 2.75) is 6.42 Å². The van der Waals surface area contributed by atoms with Crippen LogP contribution in [-0.2, 0) is 14.4 Å². The van der Waals surface area contributed by atoms with Crippen LogP contribution >= 0.6 is 0 Å². The van der Waals surface area contributed by atoms with Crippen molar-refractivity contribution in [2.24, 2.45) is 5.84 Å². The third-order valence-corrected chi connectivity index (χ3v) is 1.65. The molecule has 0 atom stereocenters. The van der Waals surface area contributed by atoms with E-state index in [2.05, 4.69) is 10.2 Å². The molecule has 0 radical (unpaired) electrons. The van der Waals surface area contributed by atoms with Crippen LogP contribution in [-0.4, -0.2) is 35.9 Å². The fourth-order valence-electron chi connectivity index (χ4n) is 1.00. The highest BCUT2D eigenvalue weighted by atomic mass is 16.7. The summed E-state index contributed by atoms with van der Waals surface area (Å²) in [5, 5.41) is 2.32. The van der Waals surface area contributed by atoms with Crippen molar-refractivity contribution < 1.29 is 19.2 Å². The molecular weight excluding hydrogens is 192 g/mol. The van der Waals surface area contributed by atoms with E-state index in [-0.39, 0.29) is 25.4 Å². The van der Waals surface area contributed by atoms with Crippen molar-refractivity contribution in [1.82, 2.24) is 15.8 Å². The summed E-state index contributed by atoms with van der Waals surface area (Å²) in [6.45, 7) is -0.0335. The van der Waals surface area contributed by atoms with Gasteiger partial charge in [-0.3, -0.25) is 14.5 Å². The van der Waals surface area contributed by atoms with Crippen LogP contribution in [0, 0.1) is 0 Å². The van der Waals surface area contributed by atoms with Gasteiger partial charge >= 0.3 is 12.0 Å². The Hall–Kier alpha value is -1.67. The van der Waals surface area contributed by atoms with Crippen molar-refractivity contribution in [3.05, 3.63) is 0 Å². The number of urea groups is 1. The summed E-state index contributed by atoms with van der Waals surface area (Å²) in [6, 6.07) is -0.497. The molecule has 1 aliphatic heterocycles. The maximum absolute atomic E-state index is 11.0. The van der Waals surface area contributed by atoms with Crippen LogP contribution in [0.2, 0.25) is 0 Å². The molecule has 0 aromatic rings. The summed E-state index contributed by atoms with van der Waals surface area (Å²) < 4.78 is 0. The number of hydrogen-bond donors (Lipinski definition) is 3. The molecule has 1 rings (SSSR count). The molecule has 0 unspecified atom stereocenters. The highest BCUT2D eigenvalue weighted by Crippen LogP contribution is 2.00. The van der Waals surface area contributed by atoms with Gasteiger partial charge in [0.25, 0.3) is 0 Å². The van der Waals surface area contributed by atoms with Crippen LogP contribution in [0.1, 0.15) is 6.42 Å². The molecule has 1 aliphatic rings. The Morgan fingerprint density at radius 3 is 2.86 bits per heavy atom. The maximum Gasteiger partial charge on any atom is 0.328 e. The van der Waals surface area contributed by atoms with Crippen molar-refractivity contribution >= 4 is 17.9 Å². The van der Waals surface area contributed by atoms with E-state index in [9.17, 15) is 14.4 Å². The van der Waals surface area contributed by atoms with Crippen molar-refractivity contribution in [1.29, 1.82) is 0 Å². The predicted octanol–water partition coefficient (Wildman–Crippen LogP) is -2.15. The van der Waals surface area contributed by atoms with Crippen LogP contribution in [0.4, 0.5) is 4.79 Å². The molecule has 0 bridgehead atoms. The Bertz CT molecular complexity index is 251. The molecule has 14 heavy (non-hydrogen) atoms. The normalized spacial score (nSPS) is 15.6. The van der Waals surface area contributed by atoms with Crippen LogP contribution in [0.5, 0.6) is 0 Å². The predicted molar refractivity (Wildman–Crippen MR) is 43.1 cm³/mol. The molecule has 3 amide bonds. The maximum atomic E-state index is 11.0. The highest BCUT2D eigenvalue weighted by Gasteiger charge is 2.28. The van der Waals surface area contributed by atoms with Crippen LogP contribution in [0.3, 0.4) is 0 Å². The largest absolute Gasteiger partial charge is 0.356 e. The topological polar surface area (TPSA) is 114 Å². The van der Waals surface area contributed by atoms with E-state index in [1.54, 1.807) is 5.59 Å². The second kappa shape index (κ2) is 4.53. The molecule has 0 aromatic carbocycles. The van der Waals surface area contributed by atoms with Gasteiger partial charge in [0.2, 0.25) is 5.91 Å². The average molecular weight is 202 g/mol. The Morgan fingerprint density at radius 1 is 1.64 bits per heavy atom. The number of nitrogens with zero attached hydrogens (tertiary/aromatic N) is 1. The number of nitrogens with two attached hydrogens (primary N) is 1. The average Bonchev–Trinajstić information content (AvgIpc) is 2.44. The lowest BCUT2D eigenvalue weighted by molar-refractivity contribution is -0.151. The molecule has 0 aliphatic carbocycles. The van der Waals surface area contributed by atoms with Gasteiger partial charge in [-0.1, -0.05) is 5.59 Å². The highest BCUT2D eigenvalue weighted by molar-refractivity contribution is 6.02. The van der Waals surface area contributed by atoms with Crippen molar-refractivity contribution in [3.8, 4) is 0 Å². The van der Waals surface area contributed by atoms with Crippen molar-refractivity contribution in [3.63, 3.8) is 0 Å². The van der Waals surface area contributed by atoms with E-state index in [4.69, 9.17) is 5.84 Å². The number of carbonyl (C=O) groups excluding carboxylic acids is 3. The van der Waals surface area contributed by atoms with E-state index in [0.717, 1.165) is 4.90 Å². The van der Waals surface area contributed by atoms with Gasteiger partial charge in [0, 0.05) is 6.54 Å². The monoisotopic (exact) mass is 202 g/mol. The first-order chi connectivity index (χ1) is 6.65. The van der Waals surface area contributed by atoms with E-state index >= 15 is 0 Å². The number of hydrazine groups is 1. The fraction of sp³-hybridized carbons (Fsp3) is 0.500. The Balaban J connectivity index is 2.33. The Labute approximate surface area is 79.3 Å². The number of rotatable bonds is 4. The van der Waals surface area contributed by atoms with Gasteiger partial charge in [0.15, 0.2) is 0 Å². The minimum atomic E-state index is -0.639. The Kier molecular flexibility index (Phi) is 3.37. The molecule has 0 aromatic heterocycles. The van der Waals surface area contributed by atoms with Gasteiger partial charge in [-0.2, -0.15) is 0 Å². The summed E-state index contributed by atoms with van der Waals surface area (Å²) in [5.74, 6) is 3.72. The SMILES string of the molecule is NNOC(=O)CCN1C(=O)CNC1=O. The Morgan fingerprint density at radius 2 is 2.36 bits per heavy atom. The van der Waals surface area contributed by atoms with E-state index in [1.165, 1.54) is 0 Å². The summed E-state index contributed by atoms with van der Waals surface area (Å²) in [6.07, 6.45) is -0.0939. The van der Waals surface area contributed by atoms with Gasteiger partial charge in [-0.05, 0) is 0 Å². The summed E-state index contributed by atoms with van der Waals surface area (Å²) >= 11 is 0. The number of nitrogens with one attached hydrogen (secondary N) is 2.